The van der Waals surface area contributed by atoms with Crippen LogP contribution in [0.25, 0.3) is 0 Å². The zero-order valence-corrected chi connectivity index (χ0v) is 19.2. The van der Waals surface area contributed by atoms with Crippen LogP contribution in [0.2, 0.25) is 0 Å². The molecule has 172 valence electrons. The van der Waals surface area contributed by atoms with Gasteiger partial charge in [0.25, 0.3) is 0 Å². The summed E-state index contributed by atoms with van der Waals surface area (Å²) in [5, 5.41) is 10.5. The minimum atomic E-state index is -0.385. The number of piperazine rings is 1. The quantitative estimate of drug-likeness (QED) is 0.606. The average Bonchev–Trinajstić information content (AvgIpc) is 2.76. The molecular formula is C26H40N2O3. The van der Waals surface area contributed by atoms with Crippen LogP contribution < -0.4 is 9.64 Å². The Hall–Kier alpha value is -1.30. The minimum Gasteiger partial charge on any atom is -0.497 e. The molecule has 0 radical (unpaired) electrons. The number of β-amino-alcohol motifs (C(OH)–C–C–N with tert-alkyl or cyclic N) is 1. The summed E-state index contributed by atoms with van der Waals surface area (Å²) >= 11 is 0. The van der Waals surface area contributed by atoms with Crippen LogP contribution in [0.3, 0.4) is 0 Å². The lowest BCUT2D eigenvalue weighted by Gasteiger charge is -2.57. The largest absolute Gasteiger partial charge is 0.497 e. The summed E-state index contributed by atoms with van der Waals surface area (Å²) in [6, 6.07) is 8.29. The molecule has 5 heteroatoms. The second-order valence-electron chi connectivity index (χ2n) is 10.9. The van der Waals surface area contributed by atoms with Crippen molar-refractivity contribution in [2.45, 2.75) is 51.0 Å². The van der Waals surface area contributed by atoms with Crippen LogP contribution in [-0.4, -0.2) is 69.2 Å². The van der Waals surface area contributed by atoms with Crippen molar-refractivity contribution < 1.29 is 14.6 Å². The van der Waals surface area contributed by atoms with Gasteiger partial charge in [-0.15, -0.1) is 0 Å². The lowest BCUT2D eigenvalue weighted by molar-refractivity contribution is -0.0741. The number of hydrogen-bond donors (Lipinski definition) is 1. The number of hydrogen-bond acceptors (Lipinski definition) is 5. The lowest BCUT2D eigenvalue weighted by atomic mass is 9.49. The van der Waals surface area contributed by atoms with Crippen LogP contribution in [0.4, 0.5) is 5.69 Å². The molecule has 0 amide bonds. The first-order valence-electron chi connectivity index (χ1n) is 12.5. The predicted octanol–water partition coefficient (Wildman–Crippen LogP) is 3.80. The number of benzene rings is 1. The Balaban J connectivity index is 0.992. The van der Waals surface area contributed by atoms with Crippen molar-refractivity contribution >= 4 is 5.69 Å². The SMILES string of the molecule is COc1ccc(N2CCN(C[C@H](O)COCCC34CC5CC(CC(C5)C3)C4)CC2)cc1. The number of ether oxygens (including phenoxy) is 2. The van der Waals surface area contributed by atoms with Gasteiger partial charge in [0, 0.05) is 45.0 Å². The molecule has 1 aliphatic heterocycles. The molecule has 0 spiro atoms. The van der Waals surface area contributed by atoms with E-state index in [-0.39, 0.29) is 6.10 Å². The van der Waals surface area contributed by atoms with Crippen LogP contribution in [0.1, 0.15) is 44.9 Å². The summed E-state index contributed by atoms with van der Waals surface area (Å²) in [6.07, 6.45) is 9.68. The number of rotatable bonds is 9. The van der Waals surface area contributed by atoms with E-state index in [1.54, 1.807) is 7.11 Å². The lowest BCUT2D eigenvalue weighted by Crippen LogP contribution is -2.49. The molecule has 1 heterocycles. The first kappa shape index (κ1) is 21.5. The highest BCUT2D eigenvalue weighted by Gasteiger charge is 2.50. The topological polar surface area (TPSA) is 45.2 Å². The number of nitrogens with zero attached hydrogens (tertiary/aromatic N) is 2. The third-order valence-corrected chi connectivity index (χ3v) is 8.53. The number of aliphatic hydroxyl groups excluding tert-OH is 1. The molecule has 4 saturated carbocycles. The smallest absolute Gasteiger partial charge is 0.119 e. The molecule has 1 atom stereocenters. The van der Waals surface area contributed by atoms with Gasteiger partial charge in [0.2, 0.25) is 0 Å². The van der Waals surface area contributed by atoms with Gasteiger partial charge in [0.15, 0.2) is 0 Å². The Morgan fingerprint density at radius 1 is 0.968 bits per heavy atom. The van der Waals surface area contributed by atoms with Crippen molar-refractivity contribution in [3.8, 4) is 5.75 Å². The standard InChI is InChI=1S/C26H40N2O3/c1-30-25-4-2-23(3-5-25)28-9-7-27(8-10-28)18-24(29)19-31-11-6-26-15-20-12-21(16-26)14-22(13-20)17-26/h2-5,20-22,24,29H,6-19H2,1H3/t20?,21?,22?,24-,26?/m0/s1. The van der Waals surface area contributed by atoms with E-state index in [9.17, 15) is 5.11 Å². The predicted molar refractivity (Wildman–Crippen MR) is 124 cm³/mol. The summed E-state index contributed by atoms with van der Waals surface area (Å²) < 4.78 is 11.2. The molecule has 0 aromatic heterocycles. The van der Waals surface area contributed by atoms with E-state index in [1.165, 1.54) is 50.6 Å². The van der Waals surface area contributed by atoms with E-state index in [0.29, 0.717) is 18.6 Å². The van der Waals surface area contributed by atoms with Gasteiger partial charge in [0.1, 0.15) is 5.75 Å². The zero-order valence-electron chi connectivity index (χ0n) is 19.2. The molecule has 4 aliphatic carbocycles. The fourth-order valence-electron chi connectivity index (χ4n) is 7.44. The van der Waals surface area contributed by atoms with Gasteiger partial charge >= 0.3 is 0 Å². The third-order valence-electron chi connectivity index (χ3n) is 8.53. The number of aliphatic hydroxyl groups is 1. The van der Waals surface area contributed by atoms with Gasteiger partial charge in [0.05, 0.1) is 19.8 Å². The van der Waals surface area contributed by atoms with E-state index in [2.05, 4.69) is 21.9 Å². The van der Waals surface area contributed by atoms with E-state index in [4.69, 9.17) is 9.47 Å². The summed E-state index contributed by atoms with van der Waals surface area (Å²) in [5.41, 5.74) is 1.83. The molecule has 1 aromatic rings. The summed E-state index contributed by atoms with van der Waals surface area (Å²) in [6.45, 7) is 5.97. The highest BCUT2D eigenvalue weighted by Crippen LogP contribution is 2.61. The Kier molecular flexibility index (Phi) is 6.45. The first-order valence-corrected chi connectivity index (χ1v) is 12.5. The molecule has 0 unspecified atom stereocenters. The van der Waals surface area contributed by atoms with E-state index in [1.807, 2.05) is 12.1 Å². The molecule has 5 fully saturated rings. The van der Waals surface area contributed by atoms with Gasteiger partial charge in [-0.05, 0) is 92.4 Å². The van der Waals surface area contributed by atoms with Crippen LogP contribution in [0.15, 0.2) is 24.3 Å². The normalized spacial score (nSPS) is 33.6. The molecule has 31 heavy (non-hydrogen) atoms. The van der Waals surface area contributed by atoms with Gasteiger partial charge in [-0.3, -0.25) is 4.90 Å². The Morgan fingerprint density at radius 2 is 1.58 bits per heavy atom. The minimum absolute atomic E-state index is 0.385. The summed E-state index contributed by atoms with van der Waals surface area (Å²) in [4.78, 5) is 4.78. The van der Waals surface area contributed by atoms with Crippen molar-refractivity contribution in [2.75, 3.05) is 57.9 Å². The zero-order chi connectivity index (χ0) is 21.3. The summed E-state index contributed by atoms with van der Waals surface area (Å²) in [7, 11) is 1.70. The Morgan fingerprint density at radius 3 is 2.16 bits per heavy atom. The number of methoxy groups -OCH3 is 1. The molecule has 1 aromatic carbocycles. The third kappa shape index (κ3) is 5.04. The van der Waals surface area contributed by atoms with Crippen LogP contribution >= 0.6 is 0 Å². The van der Waals surface area contributed by atoms with E-state index < -0.39 is 0 Å². The van der Waals surface area contributed by atoms with Crippen molar-refractivity contribution in [1.29, 1.82) is 0 Å². The van der Waals surface area contributed by atoms with Crippen molar-refractivity contribution in [3.05, 3.63) is 24.3 Å². The van der Waals surface area contributed by atoms with Crippen molar-refractivity contribution in [2.24, 2.45) is 23.2 Å². The molecule has 4 bridgehead atoms. The Bertz CT molecular complexity index is 679. The Labute approximate surface area is 187 Å². The highest BCUT2D eigenvalue weighted by molar-refractivity contribution is 5.49. The molecule has 5 nitrogen and oxygen atoms in total. The van der Waals surface area contributed by atoms with E-state index in [0.717, 1.165) is 56.3 Å². The van der Waals surface area contributed by atoms with Crippen LogP contribution in [0, 0.1) is 23.2 Å². The average molecular weight is 429 g/mol. The molecule has 5 aliphatic rings. The van der Waals surface area contributed by atoms with Gasteiger partial charge in [-0.1, -0.05) is 0 Å². The van der Waals surface area contributed by atoms with Crippen LogP contribution in [0.5, 0.6) is 5.75 Å². The molecule has 1 N–H and O–H groups in total. The van der Waals surface area contributed by atoms with Crippen molar-refractivity contribution in [1.82, 2.24) is 4.90 Å². The maximum atomic E-state index is 10.5. The van der Waals surface area contributed by atoms with Crippen molar-refractivity contribution in [3.63, 3.8) is 0 Å². The molecular weight excluding hydrogens is 388 g/mol. The first-order chi connectivity index (χ1) is 15.1. The maximum absolute atomic E-state index is 10.5. The number of anilines is 1. The van der Waals surface area contributed by atoms with E-state index >= 15 is 0 Å². The second kappa shape index (κ2) is 9.29. The van der Waals surface area contributed by atoms with Crippen LogP contribution in [-0.2, 0) is 4.74 Å². The summed E-state index contributed by atoms with van der Waals surface area (Å²) in [5.74, 6) is 3.92. The van der Waals surface area contributed by atoms with Gasteiger partial charge < -0.3 is 19.5 Å². The fourth-order valence-corrected chi connectivity index (χ4v) is 7.44. The molecule has 1 saturated heterocycles. The van der Waals surface area contributed by atoms with Gasteiger partial charge in [-0.25, -0.2) is 0 Å². The fraction of sp³-hybridized carbons (Fsp3) is 0.769. The second-order valence-corrected chi connectivity index (χ2v) is 10.9. The highest BCUT2D eigenvalue weighted by atomic mass is 16.5. The molecule has 6 rings (SSSR count). The van der Waals surface area contributed by atoms with Gasteiger partial charge in [-0.2, -0.15) is 0 Å². The monoisotopic (exact) mass is 428 g/mol. The maximum Gasteiger partial charge on any atom is 0.119 e.